The standard InChI is InChI=1S/C36H42N8O3.2C2HF3O2/c37-33(38)41-17-5-7-19-43-31(45)36(23-25-13-15-27-9-1-3-11-29(27)21-25,24-26-14-16-28-10-2-4-12-30(28)22-26)32(46)44(35(43)47)20-8-6-18-42-34(39)40;2*3-2(4,5)1(6)7/h1-4,9-16,21-22H,5-8,17-20,23-24H2,(H4,37,38,41)(H4,39,40,42);2*(H,6,7). The number of carbonyl (C=O) groups is 5. The van der Waals surface area contributed by atoms with Gasteiger partial charge in [-0.15, -0.1) is 0 Å². The second-order valence-corrected chi connectivity index (χ2v) is 13.6. The number of imide groups is 2. The summed E-state index contributed by atoms with van der Waals surface area (Å²) in [4.78, 5) is 71.7. The van der Waals surface area contributed by atoms with E-state index in [4.69, 9.17) is 42.7 Å². The molecule has 4 amide bonds. The smallest absolute Gasteiger partial charge is 0.475 e. The number of carboxylic acid groups (broad SMARTS) is 2. The molecule has 0 atom stereocenters. The fourth-order valence-corrected chi connectivity index (χ4v) is 6.26. The number of carbonyl (C=O) groups excluding carboxylic acids is 3. The van der Waals surface area contributed by atoms with E-state index in [1.165, 1.54) is 9.80 Å². The Morgan fingerprint density at radius 3 is 1.20 bits per heavy atom. The number of hydrogen-bond acceptors (Lipinski definition) is 7. The maximum atomic E-state index is 14.7. The number of benzene rings is 4. The predicted octanol–water partition coefficient (Wildman–Crippen LogP) is 4.93. The lowest BCUT2D eigenvalue weighted by atomic mass is 9.72. The number of fused-ring (bicyclic) bond motifs is 2. The second-order valence-electron chi connectivity index (χ2n) is 13.6. The number of nitrogens with zero attached hydrogens (tertiary/aromatic N) is 4. The summed E-state index contributed by atoms with van der Waals surface area (Å²) in [5.41, 5.74) is 22.0. The zero-order valence-electron chi connectivity index (χ0n) is 32.5. The van der Waals surface area contributed by atoms with E-state index in [-0.39, 0.29) is 37.9 Å². The summed E-state index contributed by atoms with van der Waals surface area (Å²) in [5, 5.41) is 18.4. The molecule has 0 spiro atoms. The number of carboxylic acids is 2. The van der Waals surface area contributed by atoms with Crippen molar-refractivity contribution in [2.24, 2.45) is 38.3 Å². The first kappa shape index (κ1) is 48.4. The van der Waals surface area contributed by atoms with Gasteiger partial charge >= 0.3 is 30.3 Å². The summed E-state index contributed by atoms with van der Waals surface area (Å²) in [6.07, 6.45) is -7.84. The van der Waals surface area contributed by atoms with E-state index in [9.17, 15) is 40.7 Å². The summed E-state index contributed by atoms with van der Waals surface area (Å²) in [5.74, 6) is -6.53. The average Bonchev–Trinajstić information content (AvgIpc) is 3.18. The van der Waals surface area contributed by atoms with Crippen LogP contribution in [-0.2, 0) is 32.0 Å². The summed E-state index contributed by atoms with van der Waals surface area (Å²) in [6, 6.07) is 27.3. The first-order valence-electron chi connectivity index (χ1n) is 18.4. The SMILES string of the molecule is NC(N)=NCCCCN1C(=O)N(CCCCN=C(N)N)C(=O)C(Cc2ccc3ccccc3c2)(Cc2ccc3ccccc3c2)C1=O.O=C(O)C(F)(F)F.O=C(O)C(F)(F)F. The van der Waals surface area contributed by atoms with Crippen LogP contribution in [0.4, 0.5) is 31.1 Å². The monoisotopic (exact) mass is 862 g/mol. The number of aliphatic carboxylic acids is 2. The fourth-order valence-electron chi connectivity index (χ4n) is 6.26. The lowest BCUT2D eigenvalue weighted by Crippen LogP contribution is -2.66. The minimum atomic E-state index is -5.08. The maximum absolute atomic E-state index is 14.7. The number of aliphatic imine (C=N–C) groups is 2. The van der Waals surface area contributed by atoms with Crippen molar-refractivity contribution in [2.45, 2.75) is 50.9 Å². The fraction of sp³-hybridized carbons (Fsp3) is 0.325. The van der Waals surface area contributed by atoms with Crippen LogP contribution in [0.25, 0.3) is 21.5 Å². The van der Waals surface area contributed by atoms with Crippen LogP contribution in [0.2, 0.25) is 0 Å². The van der Waals surface area contributed by atoms with Gasteiger partial charge in [0.25, 0.3) is 0 Å². The van der Waals surface area contributed by atoms with Gasteiger partial charge in [0, 0.05) is 26.2 Å². The highest BCUT2D eigenvalue weighted by atomic mass is 19.4. The minimum Gasteiger partial charge on any atom is -0.475 e. The molecule has 0 aromatic heterocycles. The second kappa shape index (κ2) is 21.4. The molecule has 1 aliphatic rings. The first-order chi connectivity index (χ1) is 28.6. The number of hydrogen-bond donors (Lipinski definition) is 6. The number of unbranched alkanes of at least 4 members (excludes halogenated alkanes) is 2. The van der Waals surface area contributed by atoms with Gasteiger partial charge in [-0.3, -0.25) is 29.4 Å². The molecule has 0 unspecified atom stereocenters. The zero-order chi connectivity index (χ0) is 45.5. The largest absolute Gasteiger partial charge is 0.490 e. The molecule has 328 valence electrons. The van der Waals surface area contributed by atoms with Gasteiger partial charge in [0.2, 0.25) is 11.8 Å². The van der Waals surface area contributed by atoms with E-state index < -0.39 is 47.6 Å². The van der Waals surface area contributed by atoms with Gasteiger partial charge in [-0.1, -0.05) is 84.9 Å². The molecule has 0 bridgehead atoms. The topological polar surface area (TPSA) is 261 Å². The molecule has 0 radical (unpaired) electrons. The molecule has 1 aliphatic heterocycles. The Bertz CT molecular complexity index is 2100. The highest BCUT2D eigenvalue weighted by Gasteiger charge is 2.57. The molecule has 21 heteroatoms. The number of amides is 4. The summed E-state index contributed by atoms with van der Waals surface area (Å²) >= 11 is 0. The number of halogens is 6. The highest BCUT2D eigenvalue weighted by Crippen LogP contribution is 2.38. The van der Waals surface area contributed by atoms with Crippen LogP contribution in [0.1, 0.15) is 36.8 Å². The van der Waals surface area contributed by atoms with Crippen LogP contribution in [-0.4, -0.2) is 100 Å². The summed E-state index contributed by atoms with van der Waals surface area (Å²) < 4.78 is 63.5. The van der Waals surface area contributed by atoms with E-state index in [2.05, 4.69) is 9.98 Å². The van der Waals surface area contributed by atoms with E-state index in [0.717, 1.165) is 32.7 Å². The Labute approximate surface area is 344 Å². The molecular formula is C40H44F6N8O7. The van der Waals surface area contributed by atoms with Crippen molar-refractivity contribution in [2.75, 3.05) is 26.2 Å². The molecule has 10 N–H and O–H groups in total. The van der Waals surface area contributed by atoms with Crippen LogP contribution in [0.5, 0.6) is 0 Å². The van der Waals surface area contributed by atoms with Gasteiger partial charge in [0.05, 0.1) is 0 Å². The van der Waals surface area contributed by atoms with E-state index in [1.54, 1.807) is 0 Å². The molecule has 1 fully saturated rings. The number of urea groups is 1. The van der Waals surface area contributed by atoms with Crippen molar-refractivity contribution < 1.29 is 60.5 Å². The highest BCUT2D eigenvalue weighted by molar-refractivity contribution is 6.19. The third-order valence-corrected chi connectivity index (χ3v) is 9.06. The lowest BCUT2D eigenvalue weighted by molar-refractivity contribution is -0.193. The van der Waals surface area contributed by atoms with Gasteiger partial charge in [-0.25, -0.2) is 14.4 Å². The quantitative estimate of drug-likeness (QED) is 0.0326. The number of barbiturate groups is 1. The molecular weight excluding hydrogens is 818 g/mol. The van der Waals surface area contributed by atoms with Crippen molar-refractivity contribution >= 4 is 63.2 Å². The van der Waals surface area contributed by atoms with Crippen LogP contribution in [0.15, 0.2) is 94.9 Å². The Morgan fingerprint density at radius 1 is 0.557 bits per heavy atom. The number of guanidine groups is 2. The molecule has 1 saturated heterocycles. The third-order valence-electron chi connectivity index (χ3n) is 9.06. The Kier molecular flexibility index (Phi) is 17.0. The zero-order valence-corrected chi connectivity index (χ0v) is 32.5. The van der Waals surface area contributed by atoms with Crippen LogP contribution < -0.4 is 22.9 Å². The van der Waals surface area contributed by atoms with E-state index in [1.807, 2.05) is 84.9 Å². The van der Waals surface area contributed by atoms with Gasteiger partial charge < -0.3 is 33.1 Å². The van der Waals surface area contributed by atoms with Gasteiger partial charge in [-0.05, 0) is 71.2 Å². The van der Waals surface area contributed by atoms with Crippen molar-refractivity contribution in [3.8, 4) is 0 Å². The molecule has 5 rings (SSSR count). The third kappa shape index (κ3) is 14.1. The predicted molar refractivity (Wildman–Crippen MR) is 214 cm³/mol. The molecule has 4 aromatic rings. The lowest BCUT2D eigenvalue weighted by Gasteiger charge is -2.44. The van der Waals surface area contributed by atoms with Crippen LogP contribution in [0.3, 0.4) is 0 Å². The minimum absolute atomic E-state index is 0.0163. The first-order valence-corrected chi connectivity index (χ1v) is 18.4. The van der Waals surface area contributed by atoms with Gasteiger partial charge in [0.15, 0.2) is 11.9 Å². The maximum Gasteiger partial charge on any atom is 0.490 e. The van der Waals surface area contributed by atoms with E-state index in [0.29, 0.717) is 38.8 Å². The van der Waals surface area contributed by atoms with Crippen molar-refractivity contribution in [3.63, 3.8) is 0 Å². The molecule has 15 nitrogen and oxygen atoms in total. The molecule has 0 aliphatic carbocycles. The Morgan fingerprint density at radius 2 is 0.885 bits per heavy atom. The normalized spacial score (nSPS) is 13.8. The number of rotatable bonds is 14. The van der Waals surface area contributed by atoms with Crippen molar-refractivity contribution in [1.29, 1.82) is 0 Å². The summed E-state index contributed by atoms with van der Waals surface area (Å²) in [7, 11) is 0. The van der Waals surface area contributed by atoms with Crippen molar-refractivity contribution in [3.05, 3.63) is 96.1 Å². The van der Waals surface area contributed by atoms with Gasteiger partial charge in [0.1, 0.15) is 5.41 Å². The van der Waals surface area contributed by atoms with Crippen LogP contribution in [0, 0.1) is 5.41 Å². The molecule has 0 saturated carbocycles. The number of alkyl halides is 6. The Balaban J connectivity index is 0.000000609. The Hall–Kier alpha value is -6.93. The summed E-state index contributed by atoms with van der Waals surface area (Å²) in [6.45, 7) is 0.996. The van der Waals surface area contributed by atoms with Gasteiger partial charge in [-0.2, -0.15) is 26.3 Å². The number of nitrogens with two attached hydrogens (primary N) is 4. The molecule has 61 heavy (non-hydrogen) atoms. The van der Waals surface area contributed by atoms with Crippen molar-refractivity contribution in [1.82, 2.24) is 9.80 Å². The molecule has 1 heterocycles. The van der Waals surface area contributed by atoms with Crippen LogP contribution >= 0.6 is 0 Å². The molecule has 4 aromatic carbocycles. The average molecular weight is 863 g/mol. The van der Waals surface area contributed by atoms with E-state index >= 15 is 0 Å².